The molecule has 1 fully saturated rings. The van der Waals surface area contributed by atoms with Gasteiger partial charge in [0.2, 0.25) is 0 Å². The smallest absolute Gasteiger partial charge is 0.329 e. The highest BCUT2D eigenvalue weighted by Gasteiger charge is 2.43. The first kappa shape index (κ1) is 13.6. The number of amides is 1. The Labute approximate surface area is 112 Å². The van der Waals surface area contributed by atoms with E-state index in [0.29, 0.717) is 30.1 Å². The van der Waals surface area contributed by atoms with Crippen LogP contribution in [0, 0.1) is 12.8 Å². The summed E-state index contributed by atoms with van der Waals surface area (Å²) in [6.07, 6.45) is 4.22. The number of carbonyl (C=O) groups is 2. The van der Waals surface area contributed by atoms with E-state index in [0.717, 1.165) is 12.8 Å². The van der Waals surface area contributed by atoms with Gasteiger partial charge in [0.15, 0.2) is 0 Å². The molecule has 5 heteroatoms. The van der Waals surface area contributed by atoms with Crippen LogP contribution in [0.5, 0.6) is 0 Å². The van der Waals surface area contributed by atoms with Gasteiger partial charge in [-0.2, -0.15) is 0 Å². The zero-order valence-electron chi connectivity index (χ0n) is 11.2. The SMILES string of the molecule is Cc1occc1C(=O)NC1(C(=O)O)CCCC(C)C1. The first-order valence-corrected chi connectivity index (χ1v) is 6.54. The van der Waals surface area contributed by atoms with Crippen LogP contribution in [0.4, 0.5) is 0 Å². The van der Waals surface area contributed by atoms with Crippen molar-refractivity contribution in [3.63, 3.8) is 0 Å². The molecule has 0 aromatic carbocycles. The topological polar surface area (TPSA) is 79.5 Å². The van der Waals surface area contributed by atoms with E-state index in [4.69, 9.17) is 4.42 Å². The molecule has 1 aromatic rings. The molecule has 2 N–H and O–H groups in total. The summed E-state index contributed by atoms with van der Waals surface area (Å²) >= 11 is 0. The molecule has 2 unspecified atom stereocenters. The van der Waals surface area contributed by atoms with Gasteiger partial charge in [0, 0.05) is 0 Å². The highest BCUT2D eigenvalue weighted by atomic mass is 16.4. The summed E-state index contributed by atoms with van der Waals surface area (Å²) in [4.78, 5) is 23.8. The van der Waals surface area contributed by atoms with Gasteiger partial charge in [-0.25, -0.2) is 4.79 Å². The Morgan fingerprint density at radius 3 is 2.79 bits per heavy atom. The number of carbonyl (C=O) groups excluding carboxylic acids is 1. The van der Waals surface area contributed by atoms with Crippen molar-refractivity contribution < 1.29 is 19.1 Å². The van der Waals surface area contributed by atoms with E-state index < -0.39 is 11.5 Å². The number of carboxylic acid groups (broad SMARTS) is 1. The van der Waals surface area contributed by atoms with Gasteiger partial charge in [0.1, 0.15) is 11.3 Å². The van der Waals surface area contributed by atoms with Crippen molar-refractivity contribution in [2.75, 3.05) is 0 Å². The van der Waals surface area contributed by atoms with Gasteiger partial charge in [-0.3, -0.25) is 4.79 Å². The number of hydrogen-bond donors (Lipinski definition) is 2. The summed E-state index contributed by atoms with van der Waals surface area (Å²) in [5.74, 6) is -0.520. The van der Waals surface area contributed by atoms with Crippen LogP contribution < -0.4 is 5.32 Å². The third-order valence-electron chi connectivity index (χ3n) is 3.86. The van der Waals surface area contributed by atoms with E-state index in [-0.39, 0.29) is 5.91 Å². The van der Waals surface area contributed by atoms with Crippen LogP contribution in [0.2, 0.25) is 0 Å². The normalized spacial score (nSPS) is 26.9. The Morgan fingerprint density at radius 1 is 1.53 bits per heavy atom. The van der Waals surface area contributed by atoms with Crippen LogP contribution >= 0.6 is 0 Å². The number of furan rings is 1. The van der Waals surface area contributed by atoms with E-state index in [1.807, 2.05) is 6.92 Å². The Kier molecular flexibility index (Phi) is 3.64. The van der Waals surface area contributed by atoms with E-state index in [1.54, 1.807) is 13.0 Å². The van der Waals surface area contributed by atoms with Crippen LogP contribution in [-0.4, -0.2) is 22.5 Å². The Morgan fingerprint density at radius 2 is 2.26 bits per heavy atom. The minimum Gasteiger partial charge on any atom is -0.480 e. The lowest BCUT2D eigenvalue weighted by molar-refractivity contribution is -0.146. The molecule has 0 radical (unpaired) electrons. The molecule has 0 bridgehead atoms. The zero-order valence-corrected chi connectivity index (χ0v) is 11.2. The molecule has 1 aliphatic rings. The van der Waals surface area contributed by atoms with Crippen molar-refractivity contribution >= 4 is 11.9 Å². The fourth-order valence-electron chi connectivity index (χ4n) is 2.82. The minimum absolute atomic E-state index is 0.301. The van der Waals surface area contributed by atoms with Gasteiger partial charge in [-0.1, -0.05) is 19.8 Å². The molecule has 104 valence electrons. The largest absolute Gasteiger partial charge is 0.480 e. The number of aliphatic carboxylic acids is 1. The quantitative estimate of drug-likeness (QED) is 0.879. The summed E-state index contributed by atoms with van der Waals surface area (Å²) < 4.78 is 5.08. The maximum Gasteiger partial charge on any atom is 0.329 e. The van der Waals surface area contributed by atoms with Crippen LogP contribution in [0.15, 0.2) is 16.7 Å². The van der Waals surface area contributed by atoms with Gasteiger partial charge < -0.3 is 14.8 Å². The summed E-state index contributed by atoms with van der Waals surface area (Å²) in [5.41, 5.74) is -0.739. The van der Waals surface area contributed by atoms with E-state index in [9.17, 15) is 14.7 Å². The van der Waals surface area contributed by atoms with Crippen LogP contribution in [-0.2, 0) is 4.79 Å². The summed E-state index contributed by atoms with van der Waals surface area (Å²) in [6, 6.07) is 1.56. The maximum atomic E-state index is 12.2. The summed E-state index contributed by atoms with van der Waals surface area (Å²) in [7, 11) is 0. The number of aryl methyl sites for hydroxylation is 1. The van der Waals surface area contributed by atoms with Crippen LogP contribution in [0.25, 0.3) is 0 Å². The van der Waals surface area contributed by atoms with Crippen molar-refractivity contribution in [2.45, 2.75) is 45.1 Å². The highest BCUT2D eigenvalue weighted by Crippen LogP contribution is 2.33. The molecule has 5 nitrogen and oxygen atoms in total. The van der Waals surface area contributed by atoms with Crippen molar-refractivity contribution in [2.24, 2.45) is 5.92 Å². The average molecular weight is 265 g/mol. The summed E-state index contributed by atoms with van der Waals surface area (Å²) in [6.45, 7) is 3.71. The molecule has 0 aliphatic heterocycles. The van der Waals surface area contributed by atoms with Gasteiger partial charge in [0.05, 0.1) is 11.8 Å². The molecule has 2 rings (SSSR count). The Bertz CT molecular complexity index is 493. The lowest BCUT2D eigenvalue weighted by Gasteiger charge is -2.37. The van der Waals surface area contributed by atoms with Crippen molar-refractivity contribution in [3.05, 3.63) is 23.7 Å². The van der Waals surface area contributed by atoms with E-state index >= 15 is 0 Å². The first-order valence-electron chi connectivity index (χ1n) is 6.54. The second-order valence-electron chi connectivity index (χ2n) is 5.43. The standard InChI is InChI=1S/C14H19NO4/c1-9-4-3-6-14(8-9,13(17)18)15-12(16)11-5-7-19-10(11)2/h5,7,9H,3-4,6,8H2,1-2H3,(H,15,16)(H,17,18). The van der Waals surface area contributed by atoms with E-state index in [1.165, 1.54) is 6.26 Å². The molecule has 2 atom stereocenters. The fraction of sp³-hybridized carbons (Fsp3) is 0.571. The van der Waals surface area contributed by atoms with Crippen LogP contribution in [0.3, 0.4) is 0 Å². The molecule has 0 saturated heterocycles. The molecular formula is C14H19NO4. The number of nitrogens with one attached hydrogen (secondary N) is 1. The van der Waals surface area contributed by atoms with Crippen LogP contribution in [0.1, 0.15) is 48.7 Å². The highest BCUT2D eigenvalue weighted by molar-refractivity contribution is 5.98. The lowest BCUT2D eigenvalue weighted by atomic mass is 9.76. The predicted molar refractivity (Wildman–Crippen MR) is 68.9 cm³/mol. The van der Waals surface area contributed by atoms with Gasteiger partial charge in [-0.05, 0) is 31.7 Å². The van der Waals surface area contributed by atoms with E-state index in [2.05, 4.69) is 5.32 Å². The third kappa shape index (κ3) is 2.64. The molecule has 1 aromatic heterocycles. The number of hydrogen-bond acceptors (Lipinski definition) is 3. The fourth-order valence-corrected chi connectivity index (χ4v) is 2.82. The molecule has 1 heterocycles. The lowest BCUT2D eigenvalue weighted by Crippen LogP contribution is -2.56. The Balaban J connectivity index is 2.20. The first-order chi connectivity index (χ1) is 8.94. The average Bonchev–Trinajstić information content (AvgIpc) is 2.75. The molecule has 1 aliphatic carbocycles. The van der Waals surface area contributed by atoms with Crippen molar-refractivity contribution in [1.82, 2.24) is 5.32 Å². The number of rotatable bonds is 3. The molecule has 0 spiro atoms. The zero-order chi connectivity index (χ0) is 14.0. The number of carboxylic acids is 1. The molecule has 1 amide bonds. The monoisotopic (exact) mass is 265 g/mol. The second kappa shape index (κ2) is 5.07. The van der Waals surface area contributed by atoms with Gasteiger partial charge in [-0.15, -0.1) is 0 Å². The minimum atomic E-state index is -1.14. The molecule has 19 heavy (non-hydrogen) atoms. The third-order valence-corrected chi connectivity index (χ3v) is 3.86. The second-order valence-corrected chi connectivity index (χ2v) is 5.43. The van der Waals surface area contributed by atoms with Crippen molar-refractivity contribution in [3.8, 4) is 0 Å². The molecular weight excluding hydrogens is 246 g/mol. The van der Waals surface area contributed by atoms with Crippen molar-refractivity contribution in [1.29, 1.82) is 0 Å². The van der Waals surface area contributed by atoms with Gasteiger partial charge in [0.25, 0.3) is 5.91 Å². The predicted octanol–water partition coefficient (Wildman–Crippen LogP) is 2.35. The molecule has 1 saturated carbocycles. The summed E-state index contributed by atoms with van der Waals surface area (Å²) in [5, 5.41) is 12.2. The Hall–Kier alpha value is -1.78. The maximum absolute atomic E-state index is 12.2. The van der Waals surface area contributed by atoms with Gasteiger partial charge >= 0.3 is 5.97 Å².